The zero-order valence-electron chi connectivity index (χ0n) is 6.23. The standard InChI is InChI=1S/C6H5ClN2O3S/c7-3-1-8-5(13-3)4(6(11)12)9-2-10/h1-2,4H,(H,9,10)(H,11,12). The van der Waals surface area contributed by atoms with Crippen molar-refractivity contribution in [2.45, 2.75) is 6.04 Å². The number of hydrogen-bond acceptors (Lipinski definition) is 4. The minimum atomic E-state index is -1.17. The first-order chi connectivity index (χ1) is 6.15. The minimum absolute atomic E-state index is 0.254. The van der Waals surface area contributed by atoms with Crippen LogP contribution in [-0.2, 0) is 9.59 Å². The highest BCUT2D eigenvalue weighted by molar-refractivity contribution is 7.16. The molecule has 0 aliphatic rings. The van der Waals surface area contributed by atoms with E-state index in [1.54, 1.807) is 0 Å². The van der Waals surface area contributed by atoms with Crippen LogP contribution in [-0.4, -0.2) is 22.5 Å². The lowest BCUT2D eigenvalue weighted by Crippen LogP contribution is -2.26. The molecule has 1 atom stereocenters. The quantitative estimate of drug-likeness (QED) is 0.731. The van der Waals surface area contributed by atoms with Crippen molar-refractivity contribution >= 4 is 35.3 Å². The Bertz CT molecular complexity index is 327. The summed E-state index contributed by atoms with van der Waals surface area (Å²) < 4.78 is 0.383. The lowest BCUT2D eigenvalue weighted by Gasteiger charge is -2.05. The van der Waals surface area contributed by atoms with Crippen LogP contribution in [0.2, 0.25) is 4.34 Å². The van der Waals surface area contributed by atoms with Crippen LogP contribution in [0.3, 0.4) is 0 Å². The van der Waals surface area contributed by atoms with Gasteiger partial charge >= 0.3 is 5.97 Å². The second kappa shape index (κ2) is 4.20. The molecule has 1 amide bonds. The predicted molar refractivity (Wildman–Crippen MR) is 46.7 cm³/mol. The molecule has 0 aromatic carbocycles. The number of carboxylic acids is 1. The summed E-state index contributed by atoms with van der Waals surface area (Å²) >= 11 is 6.57. The van der Waals surface area contributed by atoms with E-state index in [4.69, 9.17) is 16.7 Å². The Kier molecular flexibility index (Phi) is 3.21. The van der Waals surface area contributed by atoms with E-state index in [9.17, 15) is 9.59 Å². The first-order valence-corrected chi connectivity index (χ1v) is 4.38. The van der Waals surface area contributed by atoms with E-state index in [0.717, 1.165) is 11.3 Å². The molecule has 0 aliphatic heterocycles. The highest BCUT2D eigenvalue weighted by Gasteiger charge is 2.21. The third kappa shape index (κ3) is 2.40. The van der Waals surface area contributed by atoms with Crippen LogP contribution < -0.4 is 5.32 Å². The number of nitrogens with one attached hydrogen (secondary N) is 1. The van der Waals surface area contributed by atoms with Crippen LogP contribution in [0.1, 0.15) is 11.0 Å². The maximum Gasteiger partial charge on any atom is 0.333 e. The maximum atomic E-state index is 10.6. The first-order valence-electron chi connectivity index (χ1n) is 3.19. The number of hydrogen-bond donors (Lipinski definition) is 2. The van der Waals surface area contributed by atoms with E-state index in [2.05, 4.69) is 10.3 Å². The van der Waals surface area contributed by atoms with Gasteiger partial charge in [-0.25, -0.2) is 9.78 Å². The molecule has 0 bridgehead atoms. The van der Waals surface area contributed by atoms with Gasteiger partial charge in [-0.2, -0.15) is 0 Å². The van der Waals surface area contributed by atoms with Crippen LogP contribution in [0.4, 0.5) is 0 Å². The highest BCUT2D eigenvalue weighted by atomic mass is 35.5. The number of thiazole rings is 1. The summed E-state index contributed by atoms with van der Waals surface area (Å²) in [5, 5.41) is 11.0. The summed E-state index contributed by atoms with van der Waals surface area (Å²) in [5.41, 5.74) is 0. The fourth-order valence-electron chi connectivity index (χ4n) is 0.717. The van der Waals surface area contributed by atoms with Crippen molar-refractivity contribution in [3.63, 3.8) is 0 Å². The van der Waals surface area contributed by atoms with Gasteiger partial charge in [0, 0.05) is 0 Å². The second-order valence-corrected chi connectivity index (χ2v) is 3.75. The van der Waals surface area contributed by atoms with E-state index in [1.165, 1.54) is 6.20 Å². The molecule has 0 aliphatic carbocycles. The molecular formula is C6H5ClN2O3S. The van der Waals surface area contributed by atoms with Gasteiger partial charge in [0.25, 0.3) is 0 Å². The van der Waals surface area contributed by atoms with Gasteiger partial charge in [0.05, 0.1) is 6.20 Å². The van der Waals surface area contributed by atoms with Gasteiger partial charge in [0.2, 0.25) is 6.41 Å². The number of amides is 1. The Labute approximate surface area is 82.4 Å². The summed E-state index contributed by atoms with van der Waals surface area (Å²) in [6.07, 6.45) is 1.65. The first kappa shape index (κ1) is 9.94. The maximum absolute atomic E-state index is 10.6. The smallest absolute Gasteiger partial charge is 0.333 e. The number of nitrogens with zero attached hydrogens (tertiary/aromatic N) is 1. The van der Waals surface area contributed by atoms with Gasteiger partial charge < -0.3 is 10.4 Å². The van der Waals surface area contributed by atoms with Gasteiger partial charge in [-0.1, -0.05) is 11.6 Å². The molecule has 7 heteroatoms. The molecule has 1 unspecified atom stereocenters. The molecule has 1 aromatic rings. The molecule has 0 spiro atoms. The van der Waals surface area contributed by atoms with Gasteiger partial charge in [-0.3, -0.25) is 4.79 Å². The van der Waals surface area contributed by atoms with Gasteiger partial charge in [0.1, 0.15) is 9.34 Å². The Morgan fingerprint density at radius 1 is 1.85 bits per heavy atom. The predicted octanol–water partition coefficient (Wildman–Crippen LogP) is 0.668. The monoisotopic (exact) mass is 220 g/mol. The van der Waals surface area contributed by atoms with E-state index in [0.29, 0.717) is 10.7 Å². The third-order valence-electron chi connectivity index (χ3n) is 1.22. The molecule has 1 heterocycles. The largest absolute Gasteiger partial charge is 0.479 e. The second-order valence-electron chi connectivity index (χ2n) is 2.06. The van der Waals surface area contributed by atoms with E-state index < -0.39 is 12.0 Å². The average Bonchev–Trinajstić information content (AvgIpc) is 2.46. The van der Waals surface area contributed by atoms with Gasteiger partial charge in [-0.15, -0.1) is 11.3 Å². The Balaban J connectivity index is 2.87. The number of carbonyl (C=O) groups is 2. The molecule has 13 heavy (non-hydrogen) atoms. The lowest BCUT2D eigenvalue weighted by molar-refractivity contribution is -0.140. The van der Waals surface area contributed by atoms with E-state index in [-0.39, 0.29) is 5.01 Å². The number of rotatable bonds is 4. The fourth-order valence-corrected chi connectivity index (χ4v) is 1.70. The lowest BCUT2D eigenvalue weighted by atomic mass is 10.3. The Morgan fingerprint density at radius 2 is 2.54 bits per heavy atom. The molecular weight excluding hydrogens is 216 g/mol. The zero-order chi connectivity index (χ0) is 9.84. The van der Waals surface area contributed by atoms with Crippen molar-refractivity contribution in [1.29, 1.82) is 0 Å². The molecule has 2 N–H and O–H groups in total. The van der Waals surface area contributed by atoms with Crippen LogP contribution in [0.5, 0.6) is 0 Å². The number of halogens is 1. The van der Waals surface area contributed by atoms with Crippen molar-refractivity contribution in [3.05, 3.63) is 15.5 Å². The van der Waals surface area contributed by atoms with Crippen LogP contribution >= 0.6 is 22.9 Å². The molecule has 0 saturated heterocycles. The molecule has 0 saturated carbocycles. The van der Waals surface area contributed by atoms with Crippen LogP contribution in [0, 0.1) is 0 Å². The molecule has 0 radical (unpaired) electrons. The summed E-state index contributed by atoms with van der Waals surface area (Å²) in [5.74, 6) is -1.17. The zero-order valence-corrected chi connectivity index (χ0v) is 7.80. The summed E-state index contributed by atoms with van der Waals surface area (Å²) in [7, 11) is 0. The fraction of sp³-hybridized carbons (Fsp3) is 0.167. The summed E-state index contributed by atoms with van der Waals surface area (Å²) in [4.78, 5) is 24.4. The molecule has 70 valence electrons. The SMILES string of the molecule is O=CNC(C(=O)O)c1ncc(Cl)s1. The Hall–Kier alpha value is -1.14. The number of carboxylic acid groups (broad SMARTS) is 1. The normalized spacial score (nSPS) is 12.1. The molecule has 1 aromatic heterocycles. The molecule has 5 nitrogen and oxygen atoms in total. The summed E-state index contributed by atoms with van der Waals surface area (Å²) in [6.45, 7) is 0. The van der Waals surface area contributed by atoms with Gasteiger partial charge in [-0.05, 0) is 0 Å². The van der Waals surface area contributed by atoms with Crippen LogP contribution in [0.15, 0.2) is 6.20 Å². The minimum Gasteiger partial charge on any atom is -0.479 e. The van der Waals surface area contributed by atoms with Gasteiger partial charge in [0.15, 0.2) is 6.04 Å². The topological polar surface area (TPSA) is 79.3 Å². The van der Waals surface area contributed by atoms with Crippen molar-refractivity contribution in [2.24, 2.45) is 0 Å². The number of carbonyl (C=O) groups excluding carboxylic acids is 1. The molecule has 1 rings (SSSR count). The van der Waals surface area contributed by atoms with E-state index in [1.807, 2.05) is 0 Å². The number of aliphatic carboxylic acids is 1. The number of aromatic nitrogens is 1. The van der Waals surface area contributed by atoms with Crippen molar-refractivity contribution in [2.75, 3.05) is 0 Å². The third-order valence-corrected chi connectivity index (χ3v) is 2.40. The van der Waals surface area contributed by atoms with Crippen molar-refractivity contribution in [1.82, 2.24) is 10.3 Å². The average molecular weight is 221 g/mol. The van der Waals surface area contributed by atoms with E-state index >= 15 is 0 Å². The Morgan fingerprint density at radius 3 is 2.92 bits per heavy atom. The van der Waals surface area contributed by atoms with Crippen molar-refractivity contribution < 1.29 is 14.7 Å². The van der Waals surface area contributed by atoms with Crippen LogP contribution in [0.25, 0.3) is 0 Å². The molecule has 0 fully saturated rings. The van der Waals surface area contributed by atoms with Crippen molar-refractivity contribution in [3.8, 4) is 0 Å². The summed E-state index contributed by atoms with van der Waals surface area (Å²) in [6, 6.07) is -1.12. The highest BCUT2D eigenvalue weighted by Crippen LogP contribution is 2.23.